The summed E-state index contributed by atoms with van der Waals surface area (Å²) >= 11 is 0. The van der Waals surface area contributed by atoms with Crippen molar-refractivity contribution < 1.29 is 85.0 Å². The third kappa shape index (κ3) is 11.7. The number of hydrogen-bond donors (Lipinski definition) is 0. The van der Waals surface area contributed by atoms with Gasteiger partial charge in [-0.05, 0) is 105 Å². The first kappa shape index (κ1) is 63.1. The van der Waals surface area contributed by atoms with Crippen LogP contribution in [0.2, 0.25) is 0 Å². The van der Waals surface area contributed by atoms with Crippen molar-refractivity contribution in [3.63, 3.8) is 0 Å². The molecule has 86 heavy (non-hydrogen) atoms. The Kier molecular flexibility index (Phi) is 19.6. The molecule has 0 amide bonds. The van der Waals surface area contributed by atoms with E-state index in [9.17, 15) is 0 Å². The van der Waals surface area contributed by atoms with E-state index in [1.54, 1.807) is 4.68 Å². The number of aryl methyl sites for hydroxylation is 8. The zero-order valence-corrected chi connectivity index (χ0v) is 58.2. The van der Waals surface area contributed by atoms with E-state index >= 15 is 0 Å². The molecule has 1 unspecified atom stereocenters. The van der Waals surface area contributed by atoms with E-state index in [4.69, 9.17) is 9.98 Å². The zero-order valence-electron chi connectivity index (χ0n) is 48.6. The van der Waals surface area contributed by atoms with Crippen molar-refractivity contribution in [1.82, 2.24) is 28.5 Å². The first-order valence-electron chi connectivity index (χ1n) is 27.8. The molecule has 0 saturated carbocycles. The minimum Gasteiger partial charge on any atom is -0.340 e. The smallest absolute Gasteiger partial charge is 0.256 e. The Labute approximate surface area is 556 Å². The molecule has 8 nitrogen and oxygen atoms in total. The van der Waals surface area contributed by atoms with E-state index in [2.05, 4.69) is 223 Å². The van der Waals surface area contributed by atoms with E-state index in [1.165, 1.54) is 99.6 Å². The first-order chi connectivity index (χ1) is 40.0. The summed E-state index contributed by atoms with van der Waals surface area (Å²) in [5, 5.41) is 11.3. The van der Waals surface area contributed by atoms with Crippen molar-refractivity contribution in [2.45, 2.75) is 54.6 Å². The van der Waals surface area contributed by atoms with Crippen molar-refractivity contribution in [2.75, 3.05) is 0 Å². The van der Waals surface area contributed by atoms with Crippen molar-refractivity contribution in [3.8, 4) is 33.6 Å². The minimum absolute atomic E-state index is 0. The molecule has 12 heteroatoms. The average Bonchev–Trinajstić information content (AvgIpc) is 1.70. The van der Waals surface area contributed by atoms with E-state index in [1.807, 2.05) is 87.2 Å². The Morgan fingerprint density at radius 3 is 1.85 bits per heavy atom. The number of imidazole rings is 2. The topological polar surface area (TPSA) is 67.8 Å². The quantitative estimate of drug-likeness (QED) is 0.101. The van der Waals surface area contributed by atoms with Crippen LogP contribution in [0, 0.1) is 72.7 Å². The van der Waals surface area contributed by atoms with Crippen molar-refractivity contribution >= 4 is 72.3 Å². The maximum absolute atomic E-state index is 4.87. The summed E-state index contributed by atoms with van der Waals surface area (Å²) in [7, 11) is 1.91. The normalized spacial score (nSPS) is 12.5. The van der Waals surface area contributed by atoms with Crippen LogP contribution in [0.25, 0.3) is 88.3 Å². The largest absolute Gasteiger partial charge is 0.340 e. The van der Waals surface area contributed by atoms with Gasteiger partial charge in [-0.3, -0.25) is 14.6 Å². The number of benzene rings is 9. The molecule has 4 radical (unpaired) electrons. The fraction of sp³-hybridized carbons (Fsp3) is 0.122. The SMILES string of the molecule is Cc1cc(C)c(-c2cnc3c4[c-]cccc4c4ccc(C)cc4n23)c(C)c1.Cc1cccc(C)c1C1=[N+]2c3ccccc3-c3ccc[c-]c3C2N=C1.Cc1cn2c3ccccc3c3ccc[c-]c3c2n1.Cn1ccc(-c2[c-]cccc2)n1.[Ir].[Ir].[Ir].[Ir]. The average molecular weight is 1830 g/mol. The molecule has 0 bridgehead atoms. The van der Waals surface area contributed by atoms with Crippen molar-refractivity contribution in [3.05, 3.63) is 275 Å². The Morgan fingerprint density at radius 2 is 1.14 bits per heavy atom. The fourth-order valence-electron chi connectivity index (χ4n) is 12.2. The van der Waals surface area contributed by atoms with E-state index in [0.29, 0.717) is 0 Å². The van der Waals surface area contributed by atoms with Crippen LogP contribution in [0.4, 0.5) is 5.69 Å². The maximum atomic E-state index is 4.87. The Morgan fingerprint density at radius 1 is 0.512 bits per heavy atom. The van der Waals surface area contributed by atoms with Gasteiger partial charge in [0.25, 0.3) is 6.17 Å². The molecule has 9 aromatic carbocycles. The molecule has 14 aromatic rings. The summed E-state index contributed by atoms with van der Waals surface area (Å²) in [6.07, 6.45) is 8.03. The molecule has 0 fully saturated rings. The number of rotatable bonds is 3. The Balaban J connectivity index is 0.000000140. The van der Waals surface area contributed by atoms with Crippen LogP contribution in [-0.4, -0.2) is 45.1 Å². The van der Waals surface area contributed by atoms with Gasteiger partial charge in [-0.2, -0.15) is 28.8 Å². The van der Waals surface area contributed by atoms with Crippen LogP contribution in [0.5, 0.6) is 0 Å². The molecule has 7 heterocycles. The molecule has 0 spiro atoms. The number of hydrogen-bond acceptors (Lipinski definition) is 4. The van der Waals surface area contributed by atoms with Gasteiger partial charge in [0.2, 0.25) is 11.4 Å². The molecule has 5 aromatic heterocycles. The summed E-state index contributed by atoms with van der Waals surface area (Å²) in [6, 6.07) is 76.3. The number of aromatic nitrogens is 6. The second-order valence-corrected chi connectivity index (χ2v) is 21.4. The molecule has 1 atom stereocenters. The summed E-state index contributed by atoms with van der Waals surface area (Å²) < 4.78 is 8.62. The zero-order chi connectivity index (χ0) is 56.2. The van der Waals surface area contributed by atoms with E-state index in [0.717, 1.165) is 50.3 Å². The fourth-order valence-corrected chi connectivity index (χ4v) is 12.2. The van der Waals surface area contributed by atoms with Gasteiger partial charge >= 0.3 is 0 Å². The second-order valence-electron chi connectivity index (χ2n) is 21.4. The van der Waals surface area contributed by atoms with Gasteiger partial charge < -0.3 is 8.80 Å². The number of para-hydroxylation sites is 2. The number of fused-ring (bicyclic) bond motifs is 18. The molecular formula is C74H59Ir4N8-3. The van der Waals surface area contributed by atoms with Gasteiger partial charge in [0.1, 0.15) is 6.21 Å². The molecule has 0 aliphatic carbocycles. The predicted molar refractivity (Wildman–Crippen MR) is 337 cm³/mol. The van der Waals surface area contributed by atoms with Gasteiger partial charge in [-0.15, -0.1) is 101 Å². The Hall–Kier alpha value is -7.45. The van der Waals surface area contributed by atoms with Crippen LogP contribution < -0.4 is 0 Å². The molecule has 434 valence electrons. The summed E-state index contributed by atoms with van der Waals surface area (Å²) in [5.74, 6) is 0. The molecule has 2 aliphatic heterocycles. The number of aliphatic imine (C=N–C) groups is 1. The number of nitrogens with zero attached hydrogens (tertiary/aromatic N) is 8. The van der Waals surface area contributed by atoms with Gasteiger partial charge in [-0.1, -0.05) is 107 Å². The molecule has 16 rings (SSSR count). The standard InChI is InChI=1S/C25H21N2.C23H18N2.C16H11N2.C10H9N2.4Ir/c1-15-9-10-20-19-7-5-6-8-21(19)25-26-14-23(27(25)22(20)13-15)24-17(3)11-16(2)12-18(24)4;1-15-8-7-9-16(2)22(15)21-14-24-23-19-12-4-3-10-17(19)18-11-5-6-13-20(18)25(21)23;1-11-10-18-15-9-5-4-7-13(15)12-6-2-3-8-14(12)16(18)17-11;1-12-8-7-10(11-12)9-5-3-2-4-6-9;;;;/h5-7,9-14H,1-4H3;3-11,13-14,23H,1-2H3;2-7,9-10H,1H3;2-5,7-8H,1H3;;;;/q-1;;2*-1;;;;. The molecule has 0 N–H and O–H groups in total. The first-order valence-corrected chi connectivity index (χ1v) is 27.8. The summed E-state index contributed by atoms with van der Waals surface area (Å²) in [4.78, 5) is 14.3. The van der Waals surface area contributed by atoms with Crippen LogP contribution in [0.3, 0.4) is 0 Å². The van der Waals surface area contributed by atoms with Gasteiger partial charge in [0, 0.05) is 140 Å². The molecule has 2 aliphatic rings. The van der Waals surface area contributed by atoms with E-state index in [-0.39, 0.29) is 86.6 Å². The summed E-state index contributed by atoms with van der Waals surface area (Å²) in [6.45, 7) is 15.0. The third-order valence-electron chi connectivity index (χ3n) is 15.7. The molecule has 0 saturated heterocycles. The van der Waals surface area contributed by atoms with Crippen LogP contribution in [-0.2, 0) is 87.5 Å². The van der Waals surface area contributed by atoms with Crippen LogP contribution in [0.1, 0.15) is 56.4 Å². The Bertz CT molecular complexity index is 4760. The second kappa shape index (κ2) is 26.7. The molecular weight excluding hydrogens is 1770 g/mol. The summed E-state index contributed by atoms with van der Waals surface area (Å²) in [5.41, 5.74) is 24.8. The minimum atomic E-state index is -0.0277. The van der Waals surface area contributed by atoms with Gasteiger partial charge in [-0.25, -0.2) is 10.1 Å². The number of pyridine rings is 2. The van der Waals surface area contributed by atoms with Gasteiger partial charge in [0.05, 0.1) is 22.6 Å². The predicted octanol–water partition coefficient (Wildman–Crippen LogP) is 17.0. The monoisotopic (exact) mass is 1830 g/mol. The van der Waals surface area contributed by atoms with Crippen molar-refractivity contribution in [1.29, 1.82) is 0 Å². The van der Waals surface area contributed by atoms with E-state index < -0.39 is 0 Å². The maximum Gasteiger partial charge on any atom is 0.256 e. The van der Waals surface area contributed by atoms with Gasteiger partial charge in [0.15, 0.2) is 0 Å². The van der Waals surface area contributed by atoms with Crippen LogP contribution in [0.15, 0.2) is 206 Å². The third-order valence-corrected chi connectivity index (χ3v) is 15.7. The van der Waals surface area contributed by atoms with Crippen molar-refractivity contribution in [2.24, 2.45) is 12.0 Å². The van der Waals surface area contributed by atoms with Crippen LogP contribution >= 0.6 is 0 Å².